The lowest BCUT2D eigenvalue weighted by Gasteiger charge is -2.39. The van der Waals surface area contributed by atoms with E-state index in [1.165, 1.54) is 0 Å². The Labute approximate surface area is 125 Å². The van der Waals surface area contributed by atoms with Gasteiger partial charge in [0.25, 0.3) is 0 Å². The van der Waals surface area contributed by atoms with Crippen LogP contribution in [-0.4, -0.2) is 62.9 Å². The summed E-state index contributed by atoms with van der Waals surface area (Å²) in [5.41, 5.74) is 3.67. The predicted octanol–water partition coefficient (Wildman–Crippen LogP) is -1.21. The summed E-state index contributed by atoms with van der Waals surface area (Å²) in [6, 6.07) is 0. The fraction of sp³-hybridized carbons (Fsp3) is 0.667. The van der Waals surface area contributed by atoms with Gasteiger partial charge in [-0.2, -0.15) is 0 Å². The molecule has 22 heavy (non-hydrogen) atoms. The molecule has 0 heterocycles. The highest BCUT2D eigenvalue weighted by Gasteiger charge is 2.43. The number of hydrogen-bond acceptors (Lipinski definition) is 6. The van der Waals surface area contributed by atoms with E-state index in [2.05, 4.69) is 5.32 Å². The molecule has 0 saturated heterocycles. The molecule has 0 rings (SSSR count). The maximum absolute atomic E-state index is 11.1. The molecule has 0 aromatic carbocycles. The van der Waals surface area contributed by atoms with Gasteiger partial charge in [-0.1, -0.05) is 0 Å². The fourth-order valence-electron chi connectivity index (χ4n) is 2.40. The number of hydrogen-bond donors (Lipinski definition) is 6. The second kappa shape index (κ2) is 8.95. The number of carboxylic acids is 4. The summed E-state index contributed by atoms with van der Waals surface area (Å²) >= 11 is 0. The molecule has 0 spiro atoms. The number of carboxylic acid groups (broad SMARTS) is 4. The van der Waals surface area contributed by atoms with Gasteiger partial charge in [-0.15, -0.1) is 0 Å². The van der Waals surface area contributed by atoms with Crippen LogP contribution in [0.1, 0.15) is 25.7 Å². The van der Waals surface area contributed by atoms with Gasteiger partial charge in [-0.25, -0.2) is 0 Å². The highest BCUT2D eigenvalue weighted by molar-refractivity contribution is 5.75. The van der Waals surface area contributed by atoms with Crippen LogP contribution in [0.2, 0.25) is 0 Å². The normalized spacial score (nSPS) is 12.6. The zero-order valence-corrected chi connectivity index (χ0v) is 11.8. The molecular weight excluding hydrogens is 300 g/mol. The Hall–Kier alpha value is -2.20. The molecule has 0 fully saturated rings. The summed E-state index contributed by atoms with van der Waals surface area (Å²) in [6.45, 7) is -0.686. The Morgan fingerprint density at radius 3 is 1.73 bits per heavy atom. The average molecular weight is 320 g/mol. The second-order valence-corrected chi connectivity index (χ2v) is 4.92. The summed E-state index contributed by atoms with van der Waals surface area (Å²) in [5, 5.41) is 38.1. The van der Waals surface area contributed by atoms with Gasteiger partial charge in [-0.05, 0) is 18.9 Å². The van der Waals surface area contributed by atoms with Crippen LogP contribution in [0, 0.1) is 5.92 Å². The minimum Gasteiger partial charge on any atom is -0.481 e. The van der Waals surface area contributed by atoms with Crippen molar-refractivity contribution in [3.05, 3.63) is 0 Å². The van der Waals surface area contributed by atoms with Crippen LogP contribution < -0.4 is 11.1 Å². The van der Waals surface area contributed by atoms with Crippen molar-refractivity contribution >= 4 is 23.9 Å². The van der Waals surface area contributed by atoms with Gasteiger partial charge in [0.15, 0.2) is 0 Å². The van der Waals surface area contributed by atoms with Crippen molar-refractivity contribution in [3.8, 4) is 0 Å². The van der Waals surface area contributed by atoms with Gasteiger partial charge < -0.3 is 26.2 Å². The monoisotopic (exact) mass is 320 g/mol. The number of aliphatic carboxylic acids is 4. The second-order valence-electron chi connectivity index (χ2n) is 4.92. The van der Waals surface area contributed by atoms with E-state index in [0.29, 0.717) is 0 Å². The number of nitrogens with one attached hydrogen (secondary N) is 1. The summed E-state index contributed by atoms with van der Waals surface area (Å²) in [6.07, 6.45) is -1.95. The van der Waals surface area contributed by atoms with E-state index in [4.69, 9.17) is 26.2 Å². The fourth-order valence-corrected chi connectivity index (χ4v) is 2.40. The van der Waals surface area contributed by atoms with Crippen molar-refractivity contribution in [2.24, 2.45) is 11.7 Å². The largest absolute Gasteiger partial charge is 0.481 e. The van der Waals surface area contributed by atoms with Gasteiger partial charge in [-0.3, -0.25) is 24.5 Å². The molecule has 0 aromatic heterocycles. The van der Waals surface area contributed by atoms with Crippen LogP contribution in [0.4, 0.5) is 0 Å². The third-order valence-electron chi connectivity index (χ3n) is 3.24. The van der Waals surface area contributed by atoms with E-state index in [1.807, 2.05) is 0 Å². The quantitative estimate of drug-likeness (QED) is 0.254. The zero-order chi connectivity index (χ0) is 17.3. The highest BCUT2D eigenvalue weighted by atomic mass is 16.4. The van der Waals surface area contributed by atoms with E-state index >= 15 is 0 Å². The standard InChI is InChI=1S/C12H20N2O8/c13-2-1-7(3-8(15)16)12(4-9(17)18,5-10(19)20)14-6-11(21)22/h7,14H,1-6,13H2,(H,15,16)(H,17,18)(H,19,20)(H,21,22). The first-order valence-electron chi connectivity index (χ1n) is 6.45. The smallest absolute Gasteiger partial charge is 0.317 e. The Morgan fingerprint density at radius 2 is 1.41 bits per heavy atom. The van der Waals surface area contributed by atoms with Gasteiger partial charge in [0, 0.05) is 12.0 Å². The molecule has 1 atom stereocenters. The van der Waals surface area contributed by atoms with Gasteiger partial charge in [0.2, 0.25) is 0 Å². The average Bonchev–Trinajstić information content (AvgIpc) is 2.33. The van der Waals surface area contributed by atoms with Crippen molar-refractivity contribution in [3.63, 3.8) is 0 Å². The van der Waals surface area contributed by atoms with Crippen LogP contribution in [0.15, 0.2) is 0 Å². The van der Waals surface area contributed by atoms with E-state index < -0.39 is 61.1 Å². The van der Waals surface area contributed by atoms with Gasteiger partial charge in [0.1, 0.15) is 0 Å². The van der Waals surface area contributed by atoms with Crippen molar-refractivity contribution in [1.82, 2.24) is 5.32 Å². The molecular formula is C12H20N2O8. The lowest BCUT2D eigenvalue weighted by atomic mass is 9.74. The minimum absolute atomic E-state index is 0.00763. The Morgan fingerprint density at radius 1 is 0.909 bits per heavy atom. The third-order valence-corrected chi connectivity index (χ3v) is 3.24. The highest BCUT2D eigenvalue weighted by Crippen LogP contribution is 2.31. The first kappa shape index (κ1) is 19.8. The van der Waals surface area contributed by atoms with Crippen molar-refractivity contribution in [2.75, 3.05) is 13.1 Å². The molecule has 0 aromatic rings. The maximum Gasteiger partial charge on any atom is 0.317 e. The molecule has 0 amide bonds. The van der Waals surface area contributed by atoms with Crippen LogP contribution in [-0.2, 0) is 19.2 Å². The van der Waals surface area contributed by atoms with Gasteiger partial charge >= 0.3 is 23.9 Å². The molecule has 0 aliphatic rings. The molecule has 10 heteroatoms. The lowest BCUT2D eigenvalue weighted by molar-refractivity contribution is -0.148. The summed E-state index contributed by atoms with van der Waals surface area (Å²) in [4.78, 5) is 43.8. The number of rotatable bonds is 12. The van der Waals surface area contributed by atoms with E-state index in [9.17, 15) is 19.2 Å². The third kappa shape index (κ3) is 6.99. The summed E-state index contributed by atoms with van der Waals surface area (Å²) < 4.78 is 0. The predicted molar refractivity (Wildman–Crippen MR) is 72.3 cm³/mol. The van der Waals surface area contributed by atoms with Crippen LogP contribution >= 0.6 is 0 Å². The topological polar surface area (TPSA) is 187 Å². The summed E-state index contributed by atoms with van der Waals surface area (Å²) in [7, 11) is 0. The molecule has 126 valence electrons. The van der Waals surface area contributed by atoms with E-state index in [1.54, 1.807) is 0 Å². The molecule has 7 N–H and O–H groups in total. The van der Waals surface area contributed by atoms with E-state index in [-0.39, 0.29) is 13.0 Å². The summed E-state index contributed by atoms with van der Waals surface area (Å²) in [5.74, 6) is -6.25. The lowest BCUT2D eigenvalue weighted by Crippen LogP contribution is -2.56. The Kier molecular flexibility index (Phi) is 8.05. The van der Waals surface area contributed by atoms with E-state index in [0.717, 1.165) is 0 Å². The molecule has 1 unspecified atom stereocenters. The first-order chi connectivity index (χ1) is 10.1. The maximum atomic E-state index is 11.1. The molecule has 10 nitrogen and oxygen atoms in total. The van der Waals surface area contributed by atoms with Gasteiger partial charge in [0.05, 0.1) is 19.4 Å². The molecule has 0 aliphatic carbocycles. The first-order valence-corrected chi connectivity index (χ1v) is 6.45. The number of carbonyl (C=O) groups is 4. The number of nitrogens with two attached hydrogens (primary N) is 1. The van der Waals surface area contributed by atoms with Crippen molar-refractivity contribution < 1.29 is 39.6 Å². The Bertz CT molecular complexity index is 421. The van der Waals surface area contributed by atoms with Crippen LogP contribution in [0.25, 0.3) is 0 Å². The van der Waals surface area contributed by atoms with Crippen molar-refractivity contribution in [1.29, 1.82) is 0 Å². The van der Waals surface area contributed by atoms with Crippen LogP contribution in [0.5, 0.6) is 0 Å². The zero-order valence-electron chi connectivity index (χ0n) is 11.8. The molecule has 0 aliphatic heterocycles. The SMILES string of the molecule is NCCC(CC(=O)O)C(CC(=O)O)(CC(=O)O)NCC(=O)O. The van der Waals surface area contributed by atoms with Crippen LogP contribution in [0.3, 0.4) is 0 Å². The Balaban J connectivity index is 5.67. The molecule has 0 radical (unpaired) electrons. The van der Waals surface area contributed by atoms with Crippen molar-refractivity contribution in [2.45, 2.75) is 31.2 Å². The minimum atomic E-state index is -1.71. The molecule has 0 saturated carbocycles. The molecule has 0 bridgehead atoms.